The van der Waals surface area contributed by atoms with Crippen molar-refractivity contribution in [3.8, 4) is 0 Å². The highest BCUT2D eigenvalue weighted by molar-refractivity contribution is 5.87. The molecule has 1 heterocycles. The molecule has 18 heavy (non-hydrogen) atoms. The summed E-state index contributed by atoms with van der Waals surface area (Å²) in [6, 6.07) is 8.07. The Morgan fingerprint density at radius 2 is 2.11 bits per heavy atom. The number of carbonyl (C=O) groups excluding carboxylic acids is 1. The molecule has 1 aromatic heterocycles. The van der Waals surface area contributed by atoms with Gasteiger partial charge in [0.1, 0.15) is 6.54 Å². The monoisotopic (exact) mass is 246 g/mol. The first-order valence-corrected chi connectivity index (χ1v) is 6.02. The highest BCUT2D eigenvalue weighted by Crippen LogP contribution is 2.26. The summed E-state index contributed by atoms with van der Waals surface area (Å²) in [6.45, 7) is 2.87. The van der Waals surface area contributed by atoms with Gasteiger partial charge in [0.15, 0.2) is 0 Å². The zero-order valence-corrected chi connectivity index (χ0v) is 10.8. The van der Waals surface area contributed by atoms with E-state index in [1.807, 2.05) is 29.7 Å². The lowest BCUT2D eigenvalue weighted by atomic mass is 10.1. The van der Waals surface area contributed by atoms with Gasteiger partial charge < -0.3 is 15.0 Å². The smallest absolute Gasteiger partial charge is 0.325 e. The van der Waals surface area contributed by atoms with Crippen LogP contribution >= 0.6 is 0 Å². The number of hydrogen-bond acceptors (Lipinski definition) is 3. The number of para-hydroxylation sites is 1. The first-order chi connectivity index (χ1) is 8.69. The van der Waals surface area contributed by atoms with Gasteiger partial charge in [0, 0.05) is 16.6 Å². The Labute approximate surface area is 106 Å². The maximum absolute atomic E-state index is 11.5. The number of nitrogens with zero attached hydrogens (tertiary/aromatic N) is 1. The van der Waals surface area contributed by atoms with Gasteiger partial charge in [0.25, 0.3) is 0 Å². The number of carbonyl (C=O) groups is 1. The first-order valence-electron chi connectivity index (χ1n) is 6.02. The zero-order valence-electron chi connectivity index (χ0n) is 10.8. The molecule has 0 bridgehead atoms. The molecule has 4 nitrogen and oxygen atoms in total. The molecule has 0 spiro atoms. The van der Waals surface area contributed by atoms with Crippen LogP contribution in [0.4, 0.5) is 0 Å². The standard InChI is InChI=1S/C14H18N2O2/c1-10-11(7-8-15)12-5-3-4-6-13(12)16(10)9-14(17)18-2/h3-6H,7-9,15H2,1-2H3. The summed E-state index contributed by atoms with van der Waals surface area (Å²) in [5, 5.41) is 1.17. The molecule has 0 radical (unpaired) electrons. The summed E-state index contributed by atoms with van der Waals surface area (Å²) in [5.41, 5.74) is 9.02. The molecule has 2 rings (SSSR count). The Hall–Kier alpha value is -1.81. The maximum atomic E-state index is 11.5. The van der Waals surface area contributed by atoms with Crippen LogP contribution in [0.2, 0.25) is 0 Å². The van der Waals surface area contributed by atoms with E-state index in [2.05, 4.69) is 6.07 Å². The number of esters is 1. The van der Waals surface area contributed by atoms with Crippen LogP contribution < -0.4 is 5.73 Å². The second-order valence-electron chi connectivity index (χ2n) is 4.28. The van der Waals surface area contributed by atoms with Crippen molar-refractivity contribution in [3.63, 3.8) is 0 Å². The molecular weight excluding hydrogens is 228 g/mol. The van der Waals surface area contributed by atoms with Crippen LogP contribution in [-0.2, 0) is 22.5 Å². The van der Waals surface area contributed by atoms with Gasteiger partial charge in [-0.15, -0.1) is 0 Å². The van der Waals surface area contributed by atoms with Crippen molar-refractivity contribution in [1.29, 1.82) is 0 Å². The van der Waals surface area contributed by atoms with Crippen LogP contribution in [0.3, 0.4) is 0 Å². The van der Waals surface area contributed by atoms with Crippen LogP contribution in [0, 0.1) is 6.92 Å². The first kappa shape index (κ1) is 12.6. The van der Waals surface area contributed by atoms with Crippen LogP contribution in [0.1, 0.15) is 11.3 Å². The van der Waals surface area contributed by atoms with Crippen molar-refractivity contribution in [2.75, 3.05) is 13.7 Å². The van der Waals surface area contributed by atoms with Crippen LogP contribution in [0.5, 0.6) is 0 Å². The maximum Gasteiger partial charge on any atom is 0.325 e. The number of rotatable bonds is 4. The average Bonchev–Trinajstić information content (AvgIpc) is 2.65. The number of hydrogen-bond donors (Lipinski definition) is 1. The van der Waals surface area contributed by atoms with E-state index in [-0.39, 0.29) is 12.5 Å². The van der Waals surface area contributed by atoms with Crippen molar-refractivity contribution in [3.05, 3.63) is 35.5 Å². The summed E-state index contributed by atoms with van der Waals surface area (Å²) in [5.74, 6) is -0.238. The van der Waals surface area contributed by atoms with Gasteiger partial charge in [-0.1, -0.05) is 18.2 Å². The van der Waals surface area contributed by atoms with Crippen molar-refractivity contribution < 1.29 is 9.53 Å². The zero-order chi connectivity index (χ0) is 13.1. The van der Waals surface area contributed by atoms with Gasteiger partial charge in [0.2, 0.25) is 0 Å². The fourth-order valence-corrected chi connectivity index (χ4v) is 2.36. The van der Waals surface area contributed by atoms with E-state index in [0.717, 1.165) is 17.6 Å². The molecule has 0 fully saturated rings. The van der Waals surface area contributed by atoms with Gasteiger partial charge in [0.05, 0.1) is 7.11 Å². The van der Waals surface area contributed by atoms with Gasteiger partial charge in [-0.3, -0.25) is 4.79 Å². The lowest BCUT2D eigenvalue weighted by Crippen LogP contribution is -2.13. The molecule has 2 N–H and O–H groups in total. The summed E-state index contributed by atoms with van der Waals surface area (Å²) >= 11 is 0. The second-order valence-corrected chi connectivity index (χ2v) is 4.28. The highest BCUT2D eigenvalue weighted by atomic mass is 16.5. The molecule has 2 aromatic rings. The third kappa shape index (κ3) is 2.11. The van der Waals surface area contributed by atoms with E-state index in [9.17, 15) is 4.79 Å². The van der Waals surface area contributed by atoms with Crippen molar-refractivity contribution >= 4 is 16.9 Å². The lowest BCUT2D eigenvalue weighted by molar-refractivity contribution is -0.141. The van der Waals surface area contributed by atoms with Crippen LogP contribution in [0.15, 0.2) is 24.3 Å². The van der Waals surface area contributed by atoms with Gasteiger partial charge in [-0.05, 0) is 31.5 Å². The van der Waals surface area contributed by atoms with Crippen molar-refractivity contribution in [2.24, 2.45) is 5.73 Å². The minimum atomic E-state index is -0.238. The van der Waals surface area contributed by atoms with Crippen LogP contribution in [0.25, 0.3) is 10.9 Å². The summed E-state index contributed by atoms with van der Waals surface area (Å²) in [7, 11) is 1.41. The Bertz CT molecular complexity index is 572. The van der Waals surface area contributed by atoms with E-state index in [1.54, 1.807) is 0 Å². The number of fused-ring (bicyclic) bond motifs is 1. The molecule has 0 unspecified atom stereocenters. The number of nitrogens with two attached hydrogens (primary N) is 1. The summed E-state index contributed by atoms with van der Waals surface area (Å²) < 4.78 is 6.74. The molecule has 0 aliphatic rings. The minimum Gasteiger partial charge on any atom is -0.468 e. The Kier molecular flexibility index (Phi) is 3.67. The molecule has 4 heteroatoms. The Morgan fingerprint density at radius 1 is 1.39 bits per heavy atom. The van der Waals surface area contributed by atoms with E-state index >= 15 is 0 Å². The Morgan fingerprint density at radius 3 is 2.78 bits per heavy atom. The molecule has 0 aliphatic heterocycles. The van der Waals surface area contributed by atoms with Gasteiger partial charge >= 0.3 is 5.97 Å². The molecule has 0 saturated carbocycles. The fourth-order valence-electron chi connectivity index (χ4n) is 2.36. The highest BCUT2D eigenvalue weighted by Gasteiger charge is 2.15. The van der Waals surface area contributed by atoms with Gasteiger partial charge in [-0.25, -0.2) is 0 Å². The van der Waals surface area contributed by atoms with Gasteiger partial charge in [-0.2, -0.15) is 0 Å². The third-order valence-corrected chi connectivity index (χ3v) is 3.27. The van der Waals surface area contributed by atoms with E-state index in [0.29, 0.717) is 6.54 Å². The largest absolute Gasteiger partial charge is 0.468 e. The summed E-state index contributed by atoms with van der Waals surface area (Å²) in [4.78, 5) is 11.5. The topological polar surface area (TPSA) is 57.2 Å². The normalized spacial score (nSPS) is 10.8. The fraction of sp³-hybridized carbons (Fsp3) is 0.357. The van der Waals surface area contributed by atoms with Crippen molar-refractivity contribution in [1.82, 2.24) is 4.57 Å². The average molecular weight is 246 g/mol. The van der Waals surface area contributed by atoms with E-state index < -0.39 is 0 Å². The molecule has 1 aromatic carbocycles. The Balaban J connectivity index is 2.57. The number of ether oxygens (including phenoxy) is 1. The van der Waals surface area contributed by atoms with E-state index in [1.165, 1.54) is 18.1 Å². The predicted molar refractivity (Wildman–Crippen MR) is 71.4 cm³/mol. The molecule has 96 valence electrons. The van der Waals surface area contributed by atoms with Crippen molar-refractivity contribution in [2.45, 2.75) is 19.9 Å². The van der Waals surface area contributed by atoms with Crippen LogP contribution in [-0.4, -0.2) is 24.2 Å². The predicted octanol–water partition coefficient (Wildman–Crippen LogP) is 1.62. The number of aromatic nitrogens is 1. The summed E-state index contributed by atoms with van der Waals surface area (Å²) in [6.07, 6.45) is 0.820. The quantitative estimate of drug-likeness (QED) is 0.834. The molecular formula is C14H18N2O2. The second kappa shape index (κ2) is 5.23. The minimum absolute atomic E-state index is 0.238. The molecule has 0 atom stereocenters. The number of methoxy groups -OCH3 is 1. The van der Waals surface area contributed by atoms with E-state index in [4.69, 9.17) is 10.5 Å². The molecule has 0 aliphatic carbocycles. The lowest BCUT2D eigenvalue weighted by Gasteiger charge is -2.06. The SMILES string of the molecule is COC(=O)Cn1c(C)c(CCN)c2ccccc21. The third-order valence-electron chi connectivity index (χ3n) is 3.27. The molecule has 0 amide bonds. The molecule has 0 saturated heterocycles. The number of benzene rings is 1.